The highest BCUT2D eigenvalue weighted by Crippen LogP contribution is 2.24. The van der Waals surface area contributed by atoms with Crippen molar-refractivity contribution in [2.45, 2.75) is 18.9 Å². The summed E-state index contributed by atoms with van der Waals surface area (Å²) in [5, 5.41) is 3.23. The fourth-order valence-electron chi connectivity index (χ4n) is 3.41. The average Bonchev–Trinajstić information content (AvgIpc) is 2.76. The van der Waals surface area contributed by atoms with Gasteiger partial charge in [-0.15, -0.1) is 0 Å². The molecule has 2 aromatic heterocycles. The Morgan fingerprint density at radius 2 is 1.97 bits per heavy atom. The van der Waals surface area contributed by atoms with E-state index in [0.717, 1.165) is 25.4 Å². The third kappa shape index (κ3) is 4.16. The number of carbonyl (C=O) groups is 1. The number of aromatic nitrogens is 3. The number of likely N-dealkylation sites (tertiary alicyclic amines) is 1. The molecule has 0 atom stereocenters. The van der Waals surface area contributed by atoms with E-state index in [0.29, 0.717) is 30.3 Å². The van der Waals surface area contributed by atoms with Gasteiger partial charge in [0.05, 0.1) is 6.20 Å². The Kier molecular flexibility index (Phi) is 5.33. The van der Waals surface area contributed by atoms with Crippen LogP contribution >= 0.6 is 0 Å². The summed E-state index contributed by atoms with van der Waals surface area (Å²) in [6, 6.07) is 12.0. The molecule has 0 bridgehead atoms. The van der Waals surface area contributed by atoms with Crippen molar-refractivity contribution in [1.29, 1.82) is 0 Å². The van der Waals surface area contributed by atoms with Crippen molar-refractivity contribution in [2.75, 3.05) is 18.4 Å². The predicted molar refractivity (Wildman–Crippen MR) is 107 cm³/mol. The number of nitrogens with zero attached hydrogens (tertiary/aromatic N) is 4. The fraction of sp³-hybridized carbons (Fsp3) is 0.238. The van der Waals surface area contributed by atoms with Crippen LogP contribution in [0.5, 0.6) is 0 Å². The van der Waals surface area contributed by atoms with Crippen molar-refractivity contribution in [3.63, 3.8) is 0 Å². The smallest absolute Gasteiger partial charge is 0.255 e. The van der Waals surface area contributed by atoms with Gasteiger partial charge in [-0.3, -0.25) is 14.2 Å². The molecule has 1 aliphatic heterocycles. The first kappa shape index (κ1) is 18.8. The SMILES string of the molecule is O=CN1CCC(Nc2ncc(F)c(-c3cccc(-n4ccccc4=O)c3)n2)CC1. The van der Waals surface area contributed by atoms with Crippen LogP contribution in [0.3, 0.4) is 0 Å². The Morgan fingerprint density at radius 1 is 1.14 bits per heavy atom. The number of anilines is 1. The average molecular weight is 393 g/mol. The molecule has 0 radical (unpaired) electrons. The topological polar surface area (TPSA) is 80.1 Å². The van der Waals surface area contributed by atoms with Crippen LogP contribution in [0.1, 0.15) is 12.8 Å². The maximum Gasteiger partial charge on any atom is 0.255 e. The van der Waals surface area contributed by atoms with E-state index >= 15 is 0 Å². The molecular formula is C21H20FN5O2. The number of nitrogens with one attached hydrogen (secondary N) is 1. The Morgan fingerprint density at radius 3 is 2.72 bits per heavy atom. The molecule has 0 spiro atoms. The number of hydrogen-bond donors (Lipinski definition) is 1. The molecule has 3 aromatic rings. The lowest BCUT2D eigenvalue weighted by Crippen LogP contribution is -2.38. The molecule has 7 nitrogen and oxygen atoms in total. The highest BCUT2D eigenvalue weighted by molar-refractivity contribution is 5.63. The van der Waals surface area contributed by atoms with Crippen LogP contribution in [0.15, 0.2) is 59.7 Å². The molecule has 0 aliphatic carbocycles. The van der Waals surface area contributed by atoms with Crippen molar-refractivity contribution >= 4 is 12.4 Å². The maximum atomic E-state index is 14.5. The van der Waals surface area contributed by atoms with Gasteiger partial charge in [-0.1, -0.05) is 18.2 Å². The van der Waals surface area contributed by atoms with Crippen molar-refractivity contribution in [2.24, 2.45) is 0 Å². The monoisotopic (exact) mass is 393 g/mol. The lowest BCUT2D eigenvalue weighted by atomic mass is 10.1. The Hall–Kier alpha value is -3.55. The first-order valence-electron chi connectivity index (χ1n) is 9.41. The number of pyridine rings is 1. The summed E-state index contributed by atoms with van der Waals surface area (Å²) in [6.07, 6.45) is 5.22. The van der Waals surface area contributed by atoms with Crippen LogP contribution in [-0.2, 0) is 4.79 Å². The molecule has 1 aliphatic rings. The van der Waals surface area contributed by atoms with E-state index in [9.17, 15) is 14.0 Å². The molecule has 1 amide bonds. The number of benzene rings is 1. The number of amides is 1. The van der Waals surface area contributed by atoms with Crippen LogP contribution < -0.4 is 10.9 Å². The van der Waals surface area contributed by atoms with Crippen molar-refractivity contribution in [3.8, 4) is 16.9 Å². The molecule has 1 fully saturated rings. The summed E-state index contributed by atoms with van der Waals surface area (Å²) in [7, 11) is 0. The molecule has 1 saturated heterocycles. The largest absolute Gasteiger partial charge is 0.351 e. The highest BCUT2D eigenvalue weighted by Gasteiger charge is 2.19. The zero-order valence-corrected chi connectivity index (χ0v) is 15.7. The van der Waals surface area contributed by atoms with Crippen LogP contribution in [0.4, 0.5) is 10.3 Å². The van der Waals surface area contributed by atoms with E-state index in [2.05, 4.69) is 15.3 Å². The molecule has 29 heavy (non-hydrogen) atoms. The zero-order valence-electron chi connectivity index (χ0n) is 15.7. The molecular weight excluding hydrogens is 373 g/mol. The van der Waals surface area contributed by atoms with Crippen molar-refractivity contribution in [1.82, 2.24) is 19.4 Å². The number of halogens is 1. The van der Waals surface area contributed by atoms with E-state index in [1.54, 1.807) is 47.5 Å². The number of hydrogen-bond acceptors (Lipinski definition) is 5. The molecule has 1 aromatic carbocycles. The lowest BCUT2D eigenvalue weighted by Gasteiger charge is -2.29. The van der Waals surface area contributed by atoms with Crippen LogP contribution in [0.25, 0.3) is 16.9 Å². The van der Waals surface area contributed by atoms with Gasteiger partial charge in [0.15, 0.2) is 5.82 Å². The molecule has 148 valence electrons. The summed E-state index contributed by atoms with van der Waals surface area (Å²) in [6.45, 7) is 1.34. The van der Waals surface area contributed by atoms with Gasteiger partial charge in [0.2, 0.25) is 12.4 Å². The van der Waals surface area contributed by atoms with Crippen LogP contribution in [0.2, 0.25) is 0 Å². The fourth-order valence-corrected chi connectivity index (χ4v) is 3.41. The minimum absolute atomic E-state index is 0.124. The second-order valence-electron chi connectivity index (χ2n) is 6.91. The predicted octanol–water partition coefficient (Wildman–Crippen LogP) is 2.47. The summed E-state index contributed by atoms with van der Waals surface area (Å²) >= 11 is 0. The highest BCUT2D eigenvalue weighted by atomic mass is 19.1. The Labute approximate surface area is 166 Å². The molecule has 0 saturated carbocycles. The number of piperidine rings is 1. The minimum atomic E-state index is -0.538. The van der Waals surface area contributed by atoms with Crippen LogP contribution in [0, 0.1) is 5.82 Å². The van der Waals surface area contributed by atoms with Gasteiger partial charge in [0, 0.05) is 42.6 Å². The molecule has 3 heterocycles. The van der Waals surface area contributed by atoms with E-state index < -0.39 is 5.82 Å². The second kappa shape index (κ2) is 8.22. The Bertz CT molecular complexity index is 1080. The number of rotatable bonds is 5. The van der Waals surface area contributed by atoms with E-state index in [1.165, 1.54) is 10.6 Å². The Balaban J connectivity index is 1.60. The third-order valence-electron chi connectivity index (χ3n) is 4.98. The lowest BCUT2D eigenvalue weighted by molar-refractivity contribution is -0.118. The van der Waals surface area contributed by atoms with E-state index in [-0.39, 0.29) is 17.3 Å². The van der Waals surface area contributed by atoms with Gasteiger partial charge in [0.25, 0.3) is 5.56 Å². The second-order valence-corrected chi connectivity index (χ2v) is 6.91. The van der Waals surface area contributed by atoms with Gasteiger partial charge in [-0.25, -0.2) is 14.4 Å². The van der Waals surface area contributed by atoms with Gasteiger partial charge in [-0.05, 0) is 31.0 Å². The van der Waals surface area contributed by atoms with Gasteiger partial charge < -0.3 is 10.2 Å². The summed E-state index contributed by atoms with van der Waals surface area (Å²) in [5.41, 5.74) is 1.18. The minimum Gasteiger partial charge on any atom is -0.351 e. The van der Waals surface area contributed by atoms with E-state index in [1.807, 2.05) is 0 Å². The van der Waals surface area contributed by atoms with Crippen molar-refractivity contribution < 1.29 is 9.18 Å². The normalized spacial score (nSPS) is 14.6. The first-order valence-corrected chi connectivity index (χ1v) is 9.41. The zero-order chi connectivity index (χ0) is 20.2. The standard InChI is InChI=1S/C21H20FN5O2/c22-18-13-23-21(24-16-7-10-26(14-28)11-8-16)25-20(18)15-4-3-5-17(12-15)27-9-2-1-6-19(27)29/h1-6,9,12-14,16H,7-8,10-11H2,(H,23,24,25). The molecule has 1 N–H and O–H groups in total. The number of carbonyl (C=O) groups excluding carboxylic acids is 1. The summed E-state index contributed by atoms with van der Waals surface area (Å²) < 4.78 is 16.0. The third-order valence-corrected chi connectivity index (χ3v) is 4.98. The summed E-state index contributed by atoms with van der Waals surface area (Å²) in [5.74, 6) is -0.197. The quantitative estimate of drug-likeness (QED) is 0.674. The molecule has 0 unspecified atom stereocenters. The van der Waals surface area contributed by atoms with Crippen LogP contribution in [-0.4, -0.2) is 45.0 Å². The molecule has 4 rings (SSSR count). The van der Waals surface area contributed by atoms with E-state index in [4.69, 9.17) is 0 Å². The van der Waals surface area contributed by atoms with Gasteiger partial charge in [0.1, 0.15) is 5.69 Å². The van der Waals surface area contributed by atoms with Gasteiger partial charge in [-0.2, -0.15) is 0 Å². The first-order chi connectivity index (χ1) is 14.1. The maximum absolute atomic E-state index is 14.5. The molecule has 8 heteroatoms. The van der Waals surface area contributed by atoms with Crippen molar-refractivity contribution in [3.05, 3.63) is 71.0 Å². The summed E-state index contributed by atoms with van der Waals surface area (Å²) in [4.78, 5) is 33.1. The van der Waals surface area contributed by atoms with Gasteiger partial charge >= 0.3 is 0 Å².